The van der Waals surface area contributed by atoms with Gasteiger partial charge in [-0.2, -0.15) is 0 Å². The maximum absolute atomic E-state index is 13.8. The minimum absolute atomic E-state index is 0.0478. The summed E-state index contributed by atoms with van der Waals surface area (Å²) in [7, 11) is 1.57. The van der Waals surface area contributed by atoms with Crippen LogP contribution in [0.1, 0.15) is 23.1 Å². The average Bonchev–Trinajstić information content (AvgIpc) is 2.81. The van der Waals surface area contributed by atoms with E-state index >= 15 is 0 Å². The first kappa shape index (κ1) is 13.1. The molecule has 0 saturated heterocycles. The van der Waals surface area contributed by atoms with Crippen molar-refractivity contribution in [2.24, 2.45) is 5.73 Å². The molecule has 1 aromatic carbocycles. The summed E-state index contributed by atoms with van der Waals surface area (Å²) < 4.78 is 24.2. The number of furan rings is 1. The standard InChI is InChI=1S/C13H13ClFNO2/c1-17-7-8-5-6-11(18-8)13(16)9-3-2-4-10(14)12(9)15/h2-6,13H,7,16H2,1H3. The third kappa shape index (κ3) is 2.56. The lowest BCUT2D eigenvalue weighted by Gasteiger charge is -2.11. The largest absolute Gasteiger partial charge is 0.462 e. The van der Waals surface area contributed by atoms with E-state index in [-0.39, 0.29) is 5.02 Å². The monoisotopic (exact) mass is 269 g/mol. The Hall–Kier alpha value is -1.36. The van der Waals surface area contributed by atoms with E-state index in [4.69, 9.17) is 26.5 Å². The first-order valence-corrected chi connectivity index (χ1v) is 5.78. The summed E-state index contributed by atoms with van der Waals surface area (Å²) in [6.45, 7) is 0.352. The van der Waals surface area contributed by atoms with Gasteiger partial charge in [-0.1, -0.05) is 23.7 Å². The first-order valence-electron chi connectivity index (χ1n) is 5.40. The summed E-state index contributed by atoms with van der Waals surface area (Å²) in [5.74, 6) is 0.602. The number of rotatable bonds is 4. The Morgan fingerprint density at radius 3 is 2.89 bits per heavy atom. The van der Waals surface area contributed by atoms with E-state index in [1.807, 2.05) is 0 Å². The summed E-state index contributed by atoms with van der Waals surface area (Å²) >= 11 is 5.72. The van der Waals surface area contributed by atoms with Gasteiger partial charge in [0, 0.05) is 12.7 Å². The van der Waals surface area contributed by atoms with Gasteiger partial charge in [0.05, 0.1) is 11.1 Å². The van der Waals surface area contributed by atoms with E-state index in [0.717, 1.165) is 0 Å². The number of methoxy groups -OCH3 is 1. The molecule has 18 heavy (non-hydrogen) atoms. The molecule has 2 aromatic rings. The molecule has 0 bridgehead atoms. The van der Waals surface area contributed by atoms with Gasteiger partial charge in [0.15, 0.2) is 0 Å². The average molecular weight is 270 g/mol. The smallest absolute Gasteiger partial charge is 0.147 e. The molecule has 96 valence electrons. The van der Waals surface area contributed by atoms with Gasteiger partial charge in [0.2, 0.25) is 0 Å². The molecule has 0 aliphatic rings. The minimum atomic E-state index is -0.686. The Bertz CT molecular complexity index is 542. The maximum atomic E-state index is 13.8. The Morgan fingerprint density at radius 2 is 2.17 bits per heavy atom. The summed E-state index contributed by atoms with van der Waals surface area (Å²) in [6.07, 6.45) is 0. The predicted octanol–water partition coefficient (Wildman–Crippen LogP) is 3.27. The predicted molar refractivity (Wildman–Crippen MR) is 66.9 cm³/mol. The van der Waals surface area contributed by atoms with E-state index < -0.39 is 11.9 Å². The normalized spacial score (nSPS) is 12.7. The van der Waals surface area contributed by atoms with Gasteiger partial charge in [0.1, 0.15) is 23.9 Å². The molecular formula is C13H13ClFNO2. The van der Waals surface area contributed by atoms with Crippen molar-refractivity contribution in [3.8, 4) is 0 Å². The van der Waals surface area contributed by atoms with Crippen LogP contribution in [0.3, 0.4) is 0 Å². The molecular weight excluding hydrogens is 257 g/mol. The molecule has 0 saturated carbocycles. The molecule has 0 aliphatic heterocycles. The molecule has 0 fully saturated rings. The SMILES string of the molecule is COCc1ccc(C(N)c2cccc(Cl)c2F)o1. The van der Waals surface area contributed by atoms with Gasteiger partial charge in [-0.3, -0.25) is 0 Å². The van der Waals surface area contributed by atoms with Crippen LogP contribution in [0.2, 0.25) is 5.02 Å². The second kappa shape index (κ2) is 5.52. The number of hydrogen-bond donors (Lipinski definition) is 1. The van der Waals surface area contributed by atoms with Crippen LogP contribution in [0.15, 0.2) is 34.7 Å². The molecule has 3 nitrogen and oxygen atoms in total. The molecule has 1 aromatic heterocycles. The van der Waals surface area contributed by atoms with Gasteiger partial charge in [0.25, 0.3) is 0 Å². The highest BCUT2D eigenvalue weighted by Crippen LogP contribution is 2.27. The lowest BCUT2D eigenvalue weighted by molar-refractivity contribution is 0.162. The van der Waals surface area contributed by atoms with Crippen LogP contribution in [0.5, 0.6) is 0 Å². The van der Waals surface area contributed by atoms with Crippen molar-refractivity contribution in [1.29, 1.82) is 0 Å². The lowest BCUT2D eigenvalue weighted by atomic mass is 10.1. The van der Waals surface area contributed by atoms with E-state index in [1.54, 1.807) is 31.4 Å². The van der Waals surface area contributed by atoms with Crippen molar-refractivity contribution in [3.63, 3.8) is 0 Å². The number of benzene rings is 1. The first-order chi connectivity index (χ1) is 8.63. The number of ether oxygens (including phenoxy) is 1. The zero-order valence-corrected chi connectivity index (χ0v) is 10.6. The van der Waals surface area contributed by atoms with Crippen molar-refractivity contribution >= 4 is 11.6 Å². The van der Waals surface area contributed by atoms with Crippen LogP contribution in [-0.4, -0.2) is 7.11 Å². The summed E-state index contributed by atoms with van der Waals surface area (Å²) in [5.41, 5.74) is 6.27. The van der Waals surface area contributed by atoms with Gasteiger partial charge in [-0.25, -0.2) is 4.39 Å². The van der Waals surface area contributed by atoms with Crippen molar-refractivity contribution < 1.29 is 13.5 Å². The van der Waals surface area contributed by atoms with Crippen LogP contribution in [0, 0.1) is 5.82 Å². The quantitative estimate of drug-likeness (QED) is 0.927. The molecule has 0 amide bonds. The maximum Gasteiger partial charge on any atom is 0.147 e. The molecule has 1 atom stereocenters. The van der Waals surface area contributed by atoms with Crippen LogP contribution >= 0.6 is 11.6 Å². The summed E-state index contributed by atoms with van der Waals surface area (Å²) in [6, 6.07) is 7.49. The second-order valence-electron chi connectivity index (χ2n) is 3.86. The highest BCUT2D eigenvalue weighted by Gasteiger charge is 2.18. The van der Waals surface area contributed by atoms with Gasteiger partial charge >= 0.3 is 0 Å². The third-order valence-corrected chi connectivity index (χ3v) is 2.88. The van der Waals surface area contributed by atoms with Gasteiger partial charge in [-0.05, 0) is 18.2 Å². The fraction of sp³-hybridized carbons (Fsp3) is 0.231. The molecule has 5 heteroatoms. The topological polar surface area (TPSA) is 48.4 Å². The summed E-state index contributed by atoms with van der Waals surface area (Å²) in [4.78, 5) is 0. The third-order valence-electron chi connectivity index (χ3n) is 2.59. The molecule has 1 unspecified atom stereocenters. The fourth-order valence-corrected chi connectivity index (χ4v) is 1.88. The zero-order valence-electron chi connectivity index (χ0n) is 9.82. The molecule has 2 rings (SSSR count). The van der Waals surface area contributed by atoms with Crippen molar-refractivity contribution in [2.45, 2.75) is 12.6 Å². The highest BCUT2D eigenvalue weighted by atomic mass is 35.5. The zero-order chi connectivity index (χ0) is 13.1. The molecule has 0 aliphatic carbocycles. The van der Waals surface area contributed by atoms with E-state index in [2.05, 4.69) is 0 Å². The van der Waals surface area contributed by atoms with Crippen LogP contribution < -0.4 is 5.73 Å². The Labute approximate surface area is 109 Å². The van der Waals surface area contributed by atoms with Crippen LogP contribution in [0.4, 0.5) is 4.39 Å². The van der Waals surface area contributed by atoms with E-state index in [9.17, 15) is 4.39 Å². The van der Waals surface area contributed by atoms with Gasteiger partial charge < -0.3 is 14.9 Å². The highest BCUT2D eigenvalue weighted by molar-refractivity contribution is 6.30. The molecule has 0 spiro atoms. The minimum Gasteiger partial charge on any atom is -0.462 e. The second-order valence-corrected chi connectivity index (χ2v) is 4.27. The number of hydrogen-bond acceptors (Lipinski definition) is 3. The lowest BCUT2D eigenvalue weighted by Crippen LogP contribution is -2.13. The van der Waals surface area contributed by atoms with Crippen molar-refractivity contribution in [2.75, 3.05) is 7.11 Å². The van der Waals surface area contributed by atoms with E-state index in [1.165, 1.54) is 6.07 Å². The molecule has 2 N–H and O–H groups in total. The van der Waals surface area contributed by atoms with Crippen LogP contribution in [-0.2, 0) is 11.3 Å². The number of halogens is 2. The number of nitrogens with two attached hydrogens (primary N) is 1. The Balaban J connectivity index is 2.29. The molecule has 1 heterocycles. The van der Waals surface area contributed by atoms with E-state index in [0.29, 0.717) is 23.7 Å². The van der Waals surface area contributed by atoms with Gasteiger partial charge in [-0.15, -0.1) is 0 Å². The molecule has 0 radical (unpaired) electrons. The Kier molecular flexibility index (Phi) is 4.01. The van der Waals surface area contributed by atoms with Crippen molar-refractivity contribution in [1.82, 2.24) is 0 Å². The van der Waals surface area contributed by atoms with Crippen LogP contribution in [0.25, 0.3) is 0 Å². The van der Waals surface area contributed by atoms with Crippen molar-refractivity contribution in [3.05, 3.63) is 58.3 Å². The fourth-order valence-electron chi connectivity index (χ4n) is 1.70. The Morgan fingerprint density at radius 1 is 1.39 bits per heavy atom. The summed E-state index contributed by atoms with van der Waals surface area (Å²) in [5, 5.41) is 0.0478.